The van der Waals surface area contributed by atoms with Gasteiger partial charge in [0.2, 0.25) is 5.91 Å². The second-order valence-corrected chi connectivity index (χ2v) is 5.96. The largest absolute Gasteiger partial charge is 0.324 e. The average Bonchev–Trinajstić information content (AvgIpc) is 3.09. The number of para-hydroxylation sites is 2. The number of hydrogen-bond donors (Lipinski definition) is 1. The molecule has 1 heterocycles. The summed E-state index contributed by atoms with van der Waals surface area (Å²) in [5.41, 5.74) is 1.62. The first kappa shape index (κ1) is 14.8. The Morgan fingerprint density at radius 3 is 2.82 bits per heavy atom. The third kappa shape index (κ3) is 3.72. The summed E-state index contributed by atoms with van der Waals surface area (Å²) in [6.45, 7) is 0. The Morgan fingerprint density at radius 1 is 1.23 bits per heavy atom. The Labute approximate surface area is 130 Å². The van der Waals surface area contributed by atoms with Gasteiger partial charge in [-0.15, -0.1) is 5.10 Å². The normalized spacial score (nSPS) is 15.6. The van der Waals surface area contributed by atoms with Crippen molar-refractivity contribution >= 4 is 11.6 Å². The molecule has 1 N–H and O–H groups in total. The van der Waals surface area contributed by atoms with Crippen molar-refractivity contribution in [3.05, 3.63) is 36.7 Å². The first-order valence-electron chi connectivity index (χ1n) is 8.08. The Hall–Kier alpha value is -2.17. The maximum absolute atomic E-state index is 12.2. The lowest BCUT2D eigenvalue weighted by Crippen LogP contribution is -2.16. The highest BCUT2D eigenvalue weighted by molar-refractivity contribution is 5.92. The molecule has 116 valence electrons. The quantitative estimate of drug-likeness (QED) is 0.918. The minimum absolute atomic E-state index is 0.0816. The van der Waals surface area contributed by atoms with Gasteiger partial charge in [-0.3, -0.25) is 4.79 Å². The Balaban J connectivity index is 1.59. The molecule has 22 heavy (non-hydrogen) atoms. The maximum atomic E-state index is 12.2. The predicted molar refractivity (Wildman–Crippen MR) is 85.8 cm³/mol. The van der Waals surface area contributed by atoms with E-state index in [1.165, 1.54) is 32.1 Å². The van der Waals surface area contributed by atoms with Crippen molar-refractivity contribution in [2.24, 2.45) is 5.92 Å². The van der Waals surface area contributed by atoms with Crippen LogP contribution in [0.2, 0.25) is 0 Å². The monoisotopic (exact) mass is 298 g/mol. The lowest BCUT2D eigenvalue weighted by atomic mass is 9.86. The smallest absolute Gasteiger partial charge is 0.224 e. The summed E-state index contributed by atoms with van der Waals surface area (Å²) in [4.78, 5) is 12.2. The fraction of sp³-hybridized carbons (Fsp3) is 0.471. The second kappa shape index (κ2) is 7.20. The van der Waals surface area contributed by atoms with Crippen LogP contribution in [-0.4, -0.2) is 20.9 Å². The number of rotatable bonds is 5. The lowest BCUT2D eigenvalue weighted by Gasteiger charge is -2.21. The number of aromatic nitrogens is 3. The highest BCUT2D eigenvalue weighted by Crippen LogP contribution is 2.27. The van der Waals surface area contributed by atoms with Gasteiger partial charge in [0.25, 0.3) is 0 Å². The molecule has 3 rings (SSSR count). The molecular weight excluding hydrogens is 276 g/mol. The number of carbonyl (C=O) groups excluding carboxylic acids is 1. The summed E-state index contributed by atoms with van der Waals surface area (Å²) in [6, 6.07) is 7.66. The van der Waals surface area contributed by atoms with E-state index in [0.717, 1.165) is 23.7 Å². The van der Waals surface area contributed by atoms with Gasteiger partial charge >= 0.3 is 0 Å². The average molecular weight is 298 g/mol. The van der Waals surface area contributed by atoms with Crippen molar-refractivity contribution in [1.82, 2.24) is 15.0 Å². The van der Waals surface area contributed by atoms with Crippen molar-refractivity contribution in [1.29, 1.82) is 0 Å². The molecule has 1 aliphatic rings. The van der Waals surface area contributed by atoms with E-state index < -0.39 is 0 Å². The number of nitrogens with zero attached hydrogens (tertiary/aromatic N) is 3. The van der Waals surface area contributed by atoms with Gasteiger partial charge in [0.15, 0.2) is 0 Å². The molecule has 1 saturated carbocycles. The van der Waals surface area contributed by atoms with Crippen LogP contribution in [0.4, 0.5) is 5.69 Å². The summed E-state index contributed by atoms with van der Waals surface area (Å²) >= 11 is 0. The van der Waals surface area contributed by atoms with E-state index in [1.807, 2.05) is 24.3 Å². The fourth-order valence-corrected chi connectivity index (χ4v) is 3.14. The molecule has 0 atom stereocenters. The zero-order chi connectivity index (χ0) is 15.2. The van der Waals surface area contributed by atoms with Crippen molar-refractivity contribution in [2.45, 2.75) is 44.9 Å². The highest BCUT2D eigenvalue weighted by atomic mass is 16.1. The molecule has 0 spiro atoms. The Kier molecular flexibility index (Phi) is 4.83. The lowest BCUT2D eigenvalue weighted by molar-refractivity contribution is -0.116. The van der Waals surface area contributed by atoms with Crippen molar-refractivity contribution in [2.75, 3.05) is 5.32 Å². The van der Waals surface area contributed by atoms with E-state index in [2.05, 4.69) is 15.6 Å². The topological polar surface area (TPSA) is 59.8 Å². The van der Waals surface area contributed by atoms with Crippen LogP contribution in [0, 0.1) is 5.92 Å². The van der Waals surface area contributed by atoms with Gasteiger partial charge in [-0.05, 0) is 24.5 Å². The van der Waals surface area contributed by atoms with Crippen LogP contribution < -0.4 is 5.32 Å². The molecule has 1 aromatic heterocycles. The fourth-order valence-electron chi connectivity index (χ4n) is 3.14. The summed E-state index contributed by atoms with van der Waals surface area (Å²) in [7, 11) is 0. The van der Waals surface area contributed by atoms with E-state index in [0.29, 0.717) is 6.42 Å². The van der Waals surface area contributed by atoms with Crippen molar-refractivity contribution in [3.63, 3.8) is 0 Å². The number of benzene rings is 1. The summed E-state index contributed by atoms with van der Waals surface area (Å²) < 4.78 is 1.66. The summed E-state index contributed by atoms with van der Waals surface area (Å²) in [5.74, 6) is 0.809. The molecule has 1 aliphatic carbocycles. The molecule has 0 bridgehead atoms. The van der Waals surface area contributed by atoms with Crippen LogP contribution in [-0.2, 0) is 4.79 Å². The summed E-state index contributed by atoms with van der Waals surface area (Å²) in [5, 5.41) is 10.8. The molecule has 1 fully saturated rings. The van der Waals surface area contributed by atoms with Crippen LogP contribution >= 0.6 is 0 Å². The minimum Gasteiger partial charge on any atom is -0.324 e. The molecule has 5 nitrogen and oxygen atoms in total. The number of nitrogens with one attached hydrogen (secondary N) is 1. The minimum atomic E-state index is 0.0816. The predicted octanol–water partition coefficient (Wildman–Crippen LogP) is 3.57. The van der Waals surface area contributed by atoms with Crippen molar-refractivity contribution in [3.8, 4) is 5.69 Å². The van der Waals surface area contributed by atoms with Gasteiger partial charge in [0, 0.05) is 6.42 Å². The molecule has 0 radical (unpaired) electrons. The molecule has 0 aliphatic heterocycles. The van der Waals surface area contributed by atoms with Crippen LogP contribution in [0.1, 0.15) is 44.9 Å². The molecule has 0 saturated heterocycles. The zero-order valence-corrected chi connectivity index (χ0v) is 12.7. The van der Waals surface area contributed by atoms with Gasteiger partial charge in [-0.25, -0.2) is 4.68 Å². The highest BCUT2D eigenvalue weighted by Gasteiger charge is 2.15. The van der Waals surface area contributed by atoms with E-state index in [4.69, 9.17) is 0 Å². The standard InChI is InChI=1S/C17H22N4O/c22-17(11-10-14-6-2-1-3-7-14)19-15-8-4-5-9-16(15)21-13-12-18-20-21/h4-5,8-9,12-14H,1-3,6-7,10-11H2,(H,19,22). The van der Waals surface area contributed by atoms with E-state index in [9.17, 15) is 4.79 Å². The van der Waals surface area contributed by atoms with Crippen LogP contribution in [0.3, 0.4) is 0 Å². The first-order chi connectivity index (χ1) is 10.8. The molecular formula is C17H22N4O. The van der Waals surface area contributed by atoms with Crippen LogP contribution in [0.25, 0.3) is 5.69 Å². The van der Waals surface area contributed by atoms with Crippen LogP contribution in [0.5, 0.6) is 0 Å². The number of hydrogen-bond acceptors (Lipinski definition) is 3. The van der Waals surface area contributed by atoms with Gasteiger partial charge in [0.05, 0.1) is 23.8 Å². The third-order valence-corrected chi connectivity index (χ3v) is 4.35. The maximum Gasteiger partial charge on any atom is 0.224 e. The van der Waals surface area contributed by atoms with Gasteiger partial charge in [-0.2, -0.15) is 0 Å². The van der Waals surface area contributed by atoms with Gasteiger partial charge in [0.1, 0.15) is 0 Å². The molecule has 0 unspecified atom stereocenters. The van der Waals surface area contributed by atoms with E-state index in [-0.39, 0.29) is 5.91 Å². The summed E-state index contributed by atoms with van der Waals surface area (Å²) in [6.07, 6.45) is 11.5. The van der Waals surface area contributed by atoms with E-state index >= 15 is 0 Å². The molecule has 1 aromatic carbocycles. The molecule has 2 aromatic rings. The molecule has 1 amide bonds. The number of anilines is 1. The zero-order valence-electron chi connectivity index (χ0n) is 12.7. The van der Waals surface area contributed by atoms with Crippen molar-refractivity contribution < 1.29 is 4.79 Å². The van der Waals surface area contributed by atoms with E-state index in [1.54, 1.807) is 17.1 Å². The first-order valence-corrected chi connectivity index (χ1v) is 8.08. The number of carbonyl (C=O) groups is 1. The Morgan fingerprint density at radius 2 is 2.05 bits per heavy atom. The number of amides is 1. The SMILES string of the molecule is O=C(CCC1CCCCC1)Nc1ccccc1-n1ccnn1. The second-order valence-electron chi connectivity index (χ2n) is 5.96. The van der Waals surface area contributed by atoms with Gasteiger partial charge < -0.3 is 5.32 Å². The molecule has 5 heteroatoms. The van der Waals surface area contributed by atoms with Gasteiger partial charge in [-0.1, -0.05) is 49.5 Å². The Bertz CT molecular complexity index is 603. The third-order valence-electron chi connectivity index (χ3n) is 4.35. The van der Waals surface area contributed by atoms with Crippen LogP contribution in [0.15, 0.2) is 36.7 Å².